The van der Waals surface area contributed by atoms with Crippen LogP contribution in [0.15, 0.2) is 0 Å². The predicted octanol–water partition coefficient (Wildman–Crippen LogP) is -1.46. The zero-order chi connectivity index (χ0) is 8.43. The van der Waals surface area contributed by atoms with Crippen LogP contribution in [-0.4, -0.2) is 23.8 Å². The summed E-state index contributed by atoms with van der Waals surface area (Å²) in [7, 11) is 0. The van der Waals surface area contributed by atoms with Gasteiger partial charge in [-0.05, 0) is 0 Å². The van der Waals surface area contributed by atoms with Crippen LogP contribution in [-0.2, 0) is 14.4 Å². The number of carbonyl (C=O) groups excluding carboxylic acids is 3. The fourth-order valence-corrected chi connectivity index (χ4v) is 0.916. The van der Waals surface area contributed by atoms with E-state index in [0.717, 1.165) is 0 Å². The maximum Gasteiger partial charge on any atom is 0.249 e. The van der Waals surface area contributed by atoms with Crippen molar-refractivity contribution in [1.29, 1.82) is 0 Å². The van der Waals surface area contributed by atoms with E-state index in [4.69, 9.17) is 0 Å². The molecule has 0 aromatic rings. The molecule has 5 nitrogen and oxygen atoms in total. The molecule has 1 heterocycles. The van der Waals surface area contributed by atoms with Gasteiger partial charge < -0.3 is 5.32 Å². The van der Waals surface area contributed by atoms with E-state index in [1.165, 1.54) is 6.92 Å². The number of nitrogens with one attached hydrogen (secondary N) is 2. The monoisotopic (exact) mass is 156 g/mol. The summed E-state index contributed by atoms with van der Waals surface area (Å²) in [4.78, 5) is 31.8. The Balaban J connectivity index is 2.53. The van der Waals surface area contributed by atoms with Crippen molar-refractivity contribution < 1.29 is 14.4 Å². The predicted molar refractivity (Wildman–Crippen MR) is 35.4 cm³/mol. The second-order valence-electron chi connectivity index (χ2n) is 2.37. The molecule has 0 bridgehead atoms. The van der Waals surface area contributed by atoms with Gasteiger partial charge in [-0.3, -0.25) is 19.7 Å². The summed E-state index contributed by atoms with van der Waals surface area (Å²) >= 11 is 0. The Labute approximate surface area is 63.1 Å². The normalized spacial score (nSPS) is 23.2. The first-order chi connectivity index (χ1) is 5.09. The second-order valence-corrected chi connectivity index (χ2v) is 2.37. The van der Waals surface area contributed by atoms with Gasteiger partial charge in [0.05, 0.1) is 6.42 Å². The van der Waals surface area contributed by atoms with E-state index >= 15 is 0 Å². The summed E-state index contributed by atoms with van der Waals surface area (Å²) in [6, 6.07) is -0.667. The molecule has 0 aromatic carbocycles. The number of amides is 3. The van der Waals surface area contributed by atoms with Gasteiger partial charge in [-0.25, -0.2) is 0 Å². The fourth-order valence-electron chi connectivity index (χ4n) is 0.916. The average molecular weight is 156 g/mol. The van der Waals surface area contributed by atoms with Crippen LogP contribution in [0.25, 0.3) is 0 Å². The highest BCUT2D eigenvalue weighted by Gasteiger charge is 2.30. The third-order valence-corrected chi connectivity index (χ3v) is 1.35. The molecule has 1 saturated heterocycles. The SMILES string of the molecule is CC(=O)NC1CC(=O)NC1=O. The molecule has 0 radical (unpaired) electrons. The molecule has 5 heteroatoms. The van der Waals surface area contributed by atoms with Crippen molar-refractivity contribution in [1.82, 2.24) is 10.6 Å². The Kier molecular flexibility index (Phi) is 1.89. The van der Waals surface area contributed by atoms with E-state index in [1.807, 2.05) is 0 Å². The lowest BCUT2D eigenvalue weighted by Gasteiger charge is -2.04. The van der Waals surface area contributed by atoms with E-state index in [-0.39, 0.29) is 18.2 Å². The van der Waals surface area contributed by atoms with E-state index in [0.29, 0.717) is 0 Å². The van der Waals surface area contributed by atoms with Crippen LogP contribution >= 0.6 is 0 Å². The molecule has 0 aliphatic carbocycles. The molecular weight excluding hydrogens is 148 g/mol. The van der Waals surface area contributed by atoms with Gasteiger partial charge in [0.2, 0.25) is 17.7 Å². The Morgan fingerprint density at radius 2 is 2.27 bits per heavy atom. The van der Waals surface area contributed by atoms with Crippen molar-refractivity contribution in [2.45, 2.75) is 19.4 Å². The number of hydrogen-bond acceptors (Lipinski definition) is 3. The van der Waals surface area contributed by atoms with Gasteiger partial charge >= 0.3 is 0 Å². The van der Waals surface area contributed by atoms with Crippen molar-refractivity contribution in [3.8, 4) is 0 Å². The largest absolute Gasteiger partial charge is 0.344 e. The average Bonchev–Trinajstić information content (AvgIpc) is 2.09. The molecule has 1 fully saturated rings. The fraction of sp³-hybridized carbons (Fsp3) is 0.500. The quantitative estimate of drug-likeness (QED) is 0.455. The first kappa shape index (κ1) is 7.71. The summed E-state index contributed by atoms with van der Waals surface area (Å²) in [6.07, 6.45) is 0.0540. The lowest BCUT2D eigenvalue weighted by Crippen LogP contribution is -2.38. The third kappa shape index (κ3) is 1.76. The first-order valence-electron chi connectivity index (χ1n) is 3.20. The molecule has 0 aromatic heterocycles. The van der Waals surface area contributed by atoms with E-state index in [1.54, 1.807) is 0 Å². The molecule has 1 atom stereocenters. The maximum absolute atomic E-state index is 10.8. The van der Waals surface area contributed by atoms with Crippen LogP contribution in [0.4, 0.5) is 0 Å². The van der Waals surface area contributed by atoms with Gasteiger partial charge in [0.1, 0.15) is 6.04 Å². The van der Waals surface area contributed by atoms with Crippen LogP contribution in [0.2, 0.25) is 0 Å². The van der Waals surface area contributed by atoms with Crippen molar-refractivity contribution in [2.75, 3.05) is 0 Å². The molecule has 1 aliphatic heterocycles. The Bertz CT molecular complexity index is 224. The molecular formula is C6H8N2O3. The Morgan fingerprint density at radius 1 is 1.64 bits per heavy atom. The van der Waals surface area contributed by atoms with E-state index < -0.39 is 11.9 Å². The summed E-state index contributed by atoms with van der Waals surface area (Å²) in [5.41, 5.74) is 0. The van der Waals surface area contributed by atoms with Gasteiger partial charge in [0, 0.05) is 6.92 Å². The molecule has 0 spiro atoms. The van der Waals surface area contributed by atoms with Crippen molar-refractivity contribution in [2.24, 2.45) is 0 Å². The minimum Gasteiger partial charge on any atom is -0.344 e. The third-order valence-electron chi connectivity index (χ3n) is 1.35. The minimum atomic E-state index is -0.667. The van der Waals surface area contributed by atoms with Crippen molar-refractivity contribution in [3.63, 3.8) is 0 Å². The van der Waals surface area contributed by atoms with Gasteiger partial charge in [-0.15, -0.1) is 0 Å². The molecule has 2 N–H and O–H groups in total. The van der Waals surface area contributed by atoms with Crippen LogP contribution in [0.3, 0.4) is 0 Å². The maximum atomic E-state index is 10.8. The lowest BCUT2D eigenvalue weighted by atomic mass is 10.2. The molecule has 11 heavy (non-hydrogen) atoms. The zero-order valence-corrected chi connectivity index (χ0v) is 6.01. The van der Waals surface area contributed by atoms with Gasteiger partial charge in [0.25, 0.3) is 0 Å². The van der Waals surface area contributed by atoms with E-state index in [2.05, 4.69) is 10.6 Å². The van der Waals surface area contributed by atoms with Crippen LogP contribution in [0, 0.1) is 0 Å². The number of hydrogen-bond donors (Lipinski definition) is 2. The van der Waals surface area contributed by atoms with Crippen LogP contribution < -0.4 is 10.6 Å². The molecule has 1 rings (SSSR count). The number of imide groups is 1. The second kappa shape index (κ2) is 2.69. The molecule has 0 saturated carbocycles. The smallest absolute Gasteiger partial charge is 0.249 e. The summed E-state index contributed by atoms with van der Waals surface area (Å²) < 4.78 is 0. The molecule has 60 valence electrons. The summed E-state index contributed by atoms with van der Waals surface area (Å²) in [5, 5.41) is 4.43. The van der Waals surface area contributed by atoms with Crippen molar-refractivity contribution >= 4 is 17.7 Å². The first-order valence-corrected chi connectivity index (χ1v) is 3.20. The zero-order valence-electron chi connectivity index (χ0n) is 6.01. The summed E-state index contributed by atoms with van der Waals surface area (Å²) in [6.45, 7) is 1.30. The highest BCUT2D eigenvalue weighted by atomic mass is 16.2. The lowest BCUT2D eigenvalue weighted by molar-refractivity contribution is -0.127. The number of rotatable bonds is 1. The standard InChI is InChI=1S/C6H8N2O3/c1-3(9)7-4-2-5(10)8-6(4)11/h4H,2H2,1H3,(H,7,9)(H,8,10,11). The van der Waals surface area contributed by atoms with Gasteiger partial charge in [-0.2, -0.15) is 0 Å². The Morgan fingerprint density at radius 3 is 2.64 bits per heavy atom. The van der Waals surface area contributed by atoms with E-state index in [9.17, 15) is 14.4 Å². The highest BCUT2D eigenvalue weighted by Crippen LogP contribution is 2.00. The van der Waals surface area contributed by atoms with Crippen LogP contribution in [0.1, 0.15) is 13.3 Å². The van der Waals surface area contributed by atoms with Gasteiger partial charge in [-0.1, -0.05) is 0 Å². The van der Waals surface area contributed by atoms with Gasteiger partial charge in [0.15, 0.2) is 0 Å². The molecule has 1 aliphatic rings. The number of carbonyl (C=O) groups is 3. The summed E-state index contributed by atoms with van der Waals surface area (Å²) in [5.74, 6) is -1.07. The van der Waals surface area contributed by atoms with Crippen LogP contribution in [0.5, 0.6) is 0 Å². The molecule has 3 amide bonds. The van der Waals surface area contributed by atoms with Crippen molar-refractivity contribution in [3.05, 3.63) is 0 Å². The topological polar surface area (TPSA) is 75.3 Å². The highest BCUT2D eigenvalue weighted by molar-refractivity contribution is 6.06. The Hall–Kier alpha value is -1.39. The molecule has 1 unspecified atom stereocenters. The minimum absolute atomic E-state index is 0.0540.